The zero-order valence-electron chi connectivity index (χ0n) is 24.1. The lowest BCUT2D eigenvalue weighted by Crippen LogP contribution is -2.50. The molecular formula is C33H42N4O4. The minimum atomic E-state index is -0.563. The number of methoxy groups -OCH3 is 1. The molecule has 2 aliphatic carbocycles. The molecular weight excluding hydrogens is 516 g/mol. The van der Waals surface area contributed by atoms with Crippen LogP contribution in [0.4, 0.5) is 0 Å². The van der Waals surface area contributed by atoms with Crippen molar-refractivity contribution in [2.45, 2.75) is 102 Å². The second-order valence-electron chi connectivity index (χ2n) is 12.5. The molecule has 4 heterocycles. The summed E-state index contributed by atoms with van der Waals surface area (Å²) in [6, 6.07) is 13.1. The summed E-state index contributed by atoms with van der Waals surface area (Å²) in [4.78, 5) is 43.0. The maximum atomic E-state index is 13.9. The molecule has 1 aromatic carbocycles. The Balaban J connectivity index is 0.000000283. The molecule has 8 nitrogen and oxygen atoms in total. The summed E-state index contributed by atoms with van der Waals surface area (Å²) < 4.78 is 7.87. The normalized spacial score (nSPS) is 27.0. The van der Waals surface area contributed by atoms with E-state index in [0.717, 1.165) is 43.0 Å². The van der Waals surface area contributed by atoms with Crippen molar-refractivity contribution in [1.82, 2.24) is 19.4 Å². The molecule has 2 unspecified atom stereocenters. The molecule has 1 N–H and O–H groups in total. The number of piperidine rings is 2. The molecule has 2 aliphatic heterocycles. The van der Waals surface area contributed by atoms with Gasteiger partial charge in [0.1, 0.15) is 6.54 Å². The fourth-order valence-electron chi connectivity index (χ4n) is 7.84. The van der Waals surface area contributed by atoms with Gasteiger partial charge in [0.25, 0.3) is 11.1 Å². The van der Waals surface area contributed by atoms with Crippen LogP contribution in [0.3, 0.4) is 0 Å². The summed E-state index contributed by atoms with van der Waals surface area (Å²) in [5.74, 6) is 1.74. The molecule has 218 valence electrons. The summed E-state index contributed by atoms with van der Waals surface area (Å²) in [6.07, 6.45) is 16.1. The lowest BCUT2D eigenvalue weighted by molar-refractivity contribution is -0.141. The maximum Gasteiger partial charge on any atom is 0.325 e. The van der Waals surface area contributed by atoms with Gasteiger partial charge in [-0.3, -0.25) is 19.0 Å². The van der Waals surface area contributed by atoms with Gasteiger partial charge in [0.05, 0.1) is 23.8 Å². The fourth-order valence-corrected chi connectivity index (χ4v) is 7.84. The largest absolute Gasteiger partial charge is 0.468 e. The average molecular weight is 559 g/mol. The Morgan fingerprint density at radius 2 is 1.54 bits per heavy atom. The minimum Gasteiger partial charge on any atom is -0.468 e. The van der Waals surface area contributed by atoms with E-state index >= 15 is 0 Å². The number of nitrogens with one attached hydrogen (secondary N) is 1. The molecule has 0 radical (unpaired) electrons. The molecule has 4 aliphatic rings. The van der Waals surface area contributed by atoms with Crippen LogP contribution in [-0.2, 0) is 16.1 Å². The number of carbonyl (C=O) groups excluding carboxylic acids is 1. The molecule has 7 rings (SSSR count). The van der Waals surface area contributed by atoms with Gasteiger partial charge in [0.15, 0.2) is 5.69 Å². The molecule has 41 heavy (non-hydrogen) atoms. The molecule has 2 saturated carbocycles. The van der Waals surface area contributed by atoms with E-state index in [0.29, 0.717) is 23.3 Å². The smallest absolute Gasteiger partial charge is 0.325 e. The third-order valence-corrected chi connectivity index (χ3v) is 9.77. The van der Waals surface area contributed by atoms with E-state index in [4.69, 9.17) is 4.74 Å². The van der Waals surface area contributed by atoms with Crippen LogP contribution >= 0.6 is 0 Å². The third-order valence-electron chi connectivity index (χ3n) is 9.77. The number of esters is 1. The number of hydrogen-bond acceptors (Lipinski definition) is 6. The van der Waals surface area contributed by atoms with Crippen molar-refractivity contribution in [3.63, 3.8) is 0 Å². The third kappa shape index (κ3) is 6.03. The molecule has 3 aromatic rings. The lowest BCUT2D eigenvalue weighted by atomic mass is 9.72. The molecule has 4 fully saturated rings. The molecule has 2 aromatic heterocycles. The number of fused-ring (bicyclic) bond motifs is 5. The second kappa shape index (κ2) is 12.3. The molecule has 8 heteroatoms. The zero-order valence-corrected chi connectivity index (χ0v) is 24.1. The van der Waals surface area contributed by atoms with E-state index < -0.39 is 5.97 Å². The highest BCUT2D eigenvalue weighted by molar-refractivity contribution is 5.78. The van der Waals surface area contributed by atoms with Crippen LogP contribution in [0.5, 0.6) is 0 Å². The first kappa shape index (κ1) is 27.9. The van der Waals surface area contributed by atoms with Gasteiger partial charge in [-0.05, 0) is 62.1 Å². The number of ether oxygens (including phenoxy) is 1. The van der Waals surface area contributed by atoms with Gasteiger partial charge < -0.3 is 14.6 Å². The van der Waals surface area contributed by atoms with Crippen LogP contribution in [0.1, 0.15) is 83.1 Å². The van der Waals surface area contributed by atoms with Crippen molar-refractivity contribution >= 4 is 17.0 Å². The van der Waals surface area contributed by atoms with E-state index in [9.17, 15) is 14.4 Å². The highest BCUT2D eigenvalue weighted by atomic mass is 16.5. The topological polar surface area (TPSA) is 95.2 Å². The van der Waals surface area contributed by atoms with Crippen molar-refractivity contribution in [3.8, 4) is 11.4 Å². The number of hydrogen-bond donors (Lipinski definition) is 1. The summed E-state index contributed by atoms with van der Waals surface area (Å²) in [5, 5.41) is 3.68. The van der Waals surface area contributed by atoms with Gasteiger partial charge in [-0.1, -0.05) is 63.1 Å². The van der Waals surface area contributed by atoms with Gasteiger partial charge in [0, 0.05) is 24.2 Å². The van der Waals surface area contributed by atoms with Gasteiger partial charge in [-0.15, -0.1) is 0 Å². The van der Waals surface area contributed by atoms with Crippen molar-refractivity contribution in [3.05, 3.63) is 63.2 Å². The first-order chi connectivity index (χ1) is 20.0. The van der Waals surface area contributed by atoms with Crippen LogP contribution < -0.4 is 16.4 Å². The second-order valence-corrected chi connectivity index (χ2v) is 12.5. The average Bonchev–Trinajstić information content (AvgIpc) is 2.98. The van der Waals surface area contributed by atoms with E-state index in [1.165, 1.54) is 37.0 Å². The monoisotopic (exact) mass is 558 g/mol. The fraction of sp³-hybridized carbons (Fsp3) is 0.576. The van der Waals surface area contributed by atoms with Crippen LogP contribution in [0.2, 0.25) is 0 Å². The van der Waals surface area contributed by atoms with Crippen molar-refractivity contribution in [2.75, 3.05) is 7.11 Å². The van der Waals surface area contributed by atoms with Crippen LogP contribution in [0.15, 0.2) is 52.1 Å². The Bertz CT molecular complexity index is 1480. The number of nitrogens with zero attached hydrogens (tertiary/aromatic N) is 3. The number of rotatable bonds is 4. The van der Waals surface area contributed by atoms with Gasteiger partial charge in [0.2, 0.25) is 0 Å². The number of para-hydroxylation sites is 2. The van der Waals surface area contributed by atoms with E-state index in [1.54, 1.807) is 44.2 Å². The lowest BCUT2D eigenvalue weighted by Gasteiger charge is -2.41. The van der Waals surface area contributed by atoms with Crippen LogP contribution in [0, 0.1) is 11.8 Å². The Morgan fingerprint density at radius 1 is 0.878 bits per heavy atom. The highest BCUT2D eigenvalue weighted by Crippen LogP contribution is 2.39. The summed E-state index contributed by atoms with van der Waals surface area (Å²) in [6.45, 7) is -0.281. The summed E-state index contributed by atoms with van der Waals surface area (Å²) >= 11 is 0. The van der Waals surface area contributed by atoms with Crippen molar-refractivity contribution in [1.29, 1.82) is 0 Å². The first-order valence-electron chi connectivity index (χ1n) is 15.5. The number of carbonyl (C=O) groups is 1. The molecule has 0 amide bonds. The zero-order chi connectivity index (χ0) is 28.3. The van der Waals surface area contributed by atoms with Gasteiger partial charge in [-0.25, -0.2) is 4.98 Å². The van der Waals surface area contributed by atoms with Gasteiger partial charge in [-0.2, -0.15) is 0 Å². The molecule has 4 bridgehead atoms. The van der Waals surface area contributed by atoms with Crippen LogP contribution in [-0.4, -0.2) is 39.3 Å². The molecule has 0 spiro atoms. The Morgan fingerprint density at radius 3 is 2.20 bits per heavy atom. The number of pyridine rings is 1. The number of benzene rings is 1. The SMILES string of the molecule is C1CC2CCCC(C1)C2.COC(=O)Cn1c(-c2nc3ccccc3n(C3CC4CCCC(C3)N4)c2=O)cccc1=O. The van der Waals surface area contributed by atoms with E-state index in [2.05, 4.69) is 10.3 Å². The van der Waals surface area contributed by atoms with E-state index in [1.807, 2.05) is 28.8 Å². The summed E-state index contributed by atoms with van der Waals surface area (Å²) in [5.41, 5.74) is 1.36. The maximum absolute atomic E-state index is 13.9. The molecule has 2 saturated heterocycles. The predicted molar refractivity (Wildman–Crippen MR) is 160 cm³/mol. The quantitative estimate of drug-likeness (QED) is 0.441. The van der Waals surface area contributed by atoms with Crippen LogP contribution in [0.25, 0.3) is 22.4 Å². The number of aromatic nitrogens is 3. The minimum absolute atomic E-state index is 0.0511. The Labute approximate surface area is 241 Å². The molecule has 2 atom stereocenters. The standard InChI is InChI=1S/C24H26N4O4.C9H16/c1-32-22(30)14-27-20(10-5-11-21(27)29)23-24(31)28(19-9-3-2-8-18(19)26-23)17-12-15-6-4-7-16(13-17)25-15;1-3-8-5-2-6-9(4-1)7-8/h2-3,5,8-11,15-17,25H,4,6-7,12-14H2,1H3;8-9H,1-7H2. The van der Waals surface area contributed by atoms with Gasteiger partial charge >= 0.3 is 5.97 Å². The predicted octanol–water partition coefficient (Wildman–Crippen LogP) is 5.22. The first-order valence-corrected chi connectivity index (χ1v) is 15.5. The highest BCUT2D eigenvalue weighted by Gasteiger charge is 2.34. The van der Waals surface area contributed by atoms with E-state index in [-0.39, 0.29) is 29.4 Å². The Kier molecular flexibility index (Phi) is 8.37. The Hall–Kier alpha value is -3.26. The van der Waals surface area contributed by atoms with Crippen molar-refractivity contribution < 1.29 is 9.53 Å². The summed E-state index contributed by atoms with van der Waals surface area (Å²) in [7, 11) is 1.27. The van der Waals surface area contributed by atoms with Crippen molar-refractivity contribution in [2.24, 2.45) is 11.8 Å².